The van der Waals surface area contributed by atoms with Gasteiger partial charge in [0, 0.05) is 18.3 Å². The van der Waals surface area contributed by atoms with Crippen molar-refractivity contribution in [3.05, 3.63) is 59.7 Å². The number of nitrogens with one attached hydrogen (secondary N) is 2. The van der Waals surface area contributed by atoms with Gasteiger partial charge in [-0.05, 0) is 49.1 Å². The van der Waals surface area contributed by atoms with Crippen molar-refractivity contribution >= 4 is 5.91 Å². The van der Waals surface area contributed by atoms with Crippen LogP contribution in [-0.4, -0.2) is 29.0 Å². The monoisotopic (exact) mass is 296 g/mol. The number of piperidine rings is 1. The zero-order valence-corrected chi connectivity index (χ0v) is 12.5. The minimum absolute atomic E-state index is 0.0655. The molecule has 1 aromatic carbocycles. The zero-order chi connectivity index (χ0) is 15.2. The fourth-order valence-electron chi connectivity index (χ4n) is 2.77. The van der Waals surface area contributed by atoms with Gasteiger partial charge in [-0.3, -0.25) is 4.79 Å². The summed E-state index contributed by atoms with van der Waals surface area (Å²) in [6, 6.07) is 9.73. The van der Waals surface area contributed by atoms with Gasteiger partial charge in [0.05, 0.1) is 12.2 Å². The van der Waals surface area contributed by atoms with E-state index < -0.39 is 0 Å². The molecule has 0 bridgehead atoms. The molecule has 1 atom stereocenters. The maximum Gasteiger partial charge on any atom is 0.251 e. The fourth-order valence-corrected chi connectivity index (χ4v) is 2.77. The number of hydrogen-bond acceptors (Lipinski definition) is 4. The lowest BCUT2D eigenvalue weighted by atomic mass is 9.90. The van der Waals surface area contributed by atoms with Crippen LogP contribution >= 0.6 is 0 Å². The molecule has 22 heavy (non-hydrogen) atoms. The van der Waals surface area contributed by atoms with Gasteiger partial charge in [-0.1, -0.05) is 12.1 Å². The van der Waals surface area contributed by atoms with Crippen LogP contribution in [0.1, 0.15) is 40.4 Å². The highest BCUT2D eigenvalue weighted by molar-refractivity contribution is 5.94. The Morgan fingerprint density at radius 2 is 2.32 bits per heavy atom. The average Bonchev–Trinajstić information content (AvgIpc) is 2.61. The topological polar surface area (TPSA) is 66.9 Å². The number of amides is 1. The fraction of sp³-hybridized carbons (Fsp3) is 0.353. The van der Waals surface area contributed by atoms with Crippen molar-refractivity contribution in [1.29, 1.82) is 0 Å². The summed E-state index contributed by atoms with van der Waals surface area (Å²) in [5.74, 6) is 0.438. The average molecular weight is 296 g/mol. The van der Waals surface area contributed by atoms with E-state index in [4.69, 9.17) is 0 Å². The first-order valence-corrected chi connectivity index (χ1v) is 7.67. The highest BCUT2D eigenvalue weighted by Crippen LogP contribution is 2.23. The third-order valence-electron chi connectivity index (χ3n) is 3.99. The van der Waals surface area contributed by atoms with Gasteiger partial charge < -0.3 is 10.6 Å². The number of hydrogen-bond donors (Lipinski definition) is 2. The summed E-state index contributed by atoms with van der Waals surface area (Å²) >= 11 is 0. The smallest absolute Gasteiger partial charge is 0.251 e. The number of carbonyl (C=O) groups excluding carboxylic acids is 1. The van der Waals surface area contributed by atoms with Gasteiger partial charge >= 0.3 is 0 Å². The van der Waals surface area contributed by atoms with Crippen LogP contribution in [0.15, 0.2) is 42.9 Å². The molecule has 0 unspecified atom stereocenters. The Balaban J connectivity index is 1.64. The third-order valence-corrected chi connectivity index (χ3v) is 3.99. The van der Waals surface area contributed by atoms with Gasteiger partial charge in [0.25, 0.3) is 5.91 Å². The molecule has 114 valence electrons. The van der Waals surface area contributed by atoms with E-state index >= 15 is 0 Å². The second-order valence-corrected chi connectivity index (χ2v) is 5.55. The Morgan fingerprint density at radius 3 is 3.09 bits per heavy atom. The number of nitrogens with zero attached hydrogens (tertiary/aromatic N) is 2. The molecule has 5 nitrogen and oxygen atoms in total. The van der Waals surface area contributed by atoms with Crippen molar-refractivity contribution in [2.75, 3.05) is 13.1 Å². The van der Waals surface area contributed by atoms with Crippen molar-refractivity contribution in [2.24, 2.45) is 0 Å². The molecule has 1 aromatic heterocycles. The summed E-state index contributed by atoms with van der Waals surface area (Å²) in [4.78, 5) is 20.2. The third kappa shape index (κ3) is 3.68. The predicted molar refractivity (Wildman–Crippen MR) is 84.5 cm³/mol. The van der Waals surface area contributed by atoms with Crippen molar-refractivity contribution < 1.29 is 4.79 Å². The van der Waals surface area contributed by atoms with Crippen LogP contribution in [0.3, 0.4) is 0 Å². The van der Waals surface area contributed by atoms with Crippen LogP contribution in [0.5, 0.6) is 0 Å². The molecule has 5 heteroatoms. The maximum absolute atomic E-state index is 12.3. The standard InChI is InChI=1S/C17H20N4O/c22-17(20-11-16-6-8-19-12-21-16)14-4-1-3-13(9-14)15-5-2-7-18-10-15/h1,3-4,6,8-9,12,15,18H,2,5,7,10-11H2,(H,20,22)/t15-/m0/s1. The minimum atomic E-state index is -0.0655. The summed E-state index contributed by atoms with van der Waals surface area (Å²) in [6.45, 7) is 2.50. The molecule has 0 radical (unpaired) electrons. The molecule has 1 aliphatic heterocycles. The first-order valence-electron chi connectivity index (χ1n) is 7.67. The van der Waals surface area contributed by atoms with Gasteiger partial charge in [0.2, 0.25) is 0 Å². The lowest BCUT2D eigenvalue weighted by Gasteiger charge is -2.23. The van der Waals surface area contributed by atoms with Crippen molar-refractivity contribution in [3.63, 3.8) is 0 Å². The molecule has 1 fully saturated rings. The highest BCUT2D eigenvalue weighted by Gasteiger charge is 2.16. The van der Waals surface area contributed by atoms with Crippen LogP contribution < -0.4 is 10.6 Å². The SMILES string of the molecule is O=C(NCc1ccncn1)c1cccc([C@H]2CCCNC2)c1. The van der Waals surface area contributed by atoms with Crippen LogP contribution in [0, 0.1) is 0 Å². The summed E-state index contributed by atoms with van der Waals surface area (Å²) in [5.41, 5.74) is 2.75. The minimum Gasteiger partial charge on any atom is -0.346 e. The summed E-state index contributed by atoms with van der Waals surface area (Å²) in [5, 5.41) is 6.31. The van der Waals surface area contributed by atoms with Crippen LogP contribution in [-0.2, 0) is 6.54 Å². The van der Waals surface area contributed by atoms with Gasteiger partial charge in [0.15, 0.2) is 0 Å². The molecular formula is C17H20N4O. The van der Waals surface area contributed by atoms with E-state index in [0.29, 0.717) is 18.0 Å². The molecule has 1 aliphatic rings. The first kappa shape index (κ1) is 14.7. The normalized spacial score (nSPS) is 17.9. The first-order chi connectivity index (χ1) is 10.8. The van der Waals surface area contributed by atoms with Crippen LogP contribution in [0.4, 0.5) is 0 Å². The van der Waals surface area contributed by atoms with Gasteiger partial charge in [-0.15, -0.1) is 0 Å². The Bertz CT molecular complexity index is 624. The number of benzene rings is 1. The number of rotatable bonds is 4. The molecule has 1 saturated heterocycles. The second kappa shape index (κ2) is 7.13. The number of aromatic nitrogens is 2. The van der Waals surface area contributed by atoms with Crippen molar-refractivity contribution in [3.8, 4) is 0 Å². The van der Waals surface area contributed by atoms with E-state index in [1.54, 1.807) is 12.3 Å². The molecule has 0 saturated carbocycles. The predicted octanol–water partition coefficient (Wildman–Crippen LogP) is 1.87. The highest BCUT2D eigenvalue weighted by atomic mass is 16.1. The van der Waals surface area contributed by atoms with Gasteiger partial charge in [0.1, 0.15) is 6.33 Å². The molecule has 2 N–H and O–H groups in total. The molecule has 2 aromatic rings. The largest absolute Gasteiger partial charge is 0.346 e. The van der Waals surface area contributed by atoms with E-state index in [9.17, 15) is 4.79 Å². The lowest BCUT2D eigenvalue weighted by Crippen LogP contribution is -2.28. The van der Waals surface area contributed by atoms with E-state index in [1.807, 2.05) is 18.2 Å². The summed E-state index contributed by atoms with van der Waals surface area (Å²) in [6.07, 6.45) is 5.52. The Hall–Kier alpha value is -2.27. The molecule has 0 aliphatic carbocycles. The van der Waals surface area contributed by atoms with E-state index in [1.165, 1.54) is 24.7 Å². The Kier molecular flexibility index (Phi) is 4.75. The van der Waals surface area contributed by atoms with Crippen LogP contribution in [0.25, 0.3) is 0 Å². The van der Waals surface area contributed by atoms with Crippen molar-refractivity contribution in [2.45, 2.75) is 25.3 Å². The lowest BCUT2D eigenvalue weighted by molar-refractivity contribution is 0.0950. The van der Waals surface area contributed by atoms with Gasteiger partial charge in [-0.2, -0.15) is 0 Å². The maximum atomic E-state index is 12.3. The molecule has 2 heterocycles. The second-order valence-electron chi connectivity index (χ2n) is 5.55. The summed E-state index contributed by atoms with van der Waals surface area (Å²) in [7, 11) is 0. The zero-order valence-electron chi connectivity index (χ0n) is 12.5. The van der Waals surface area contributed by atoms with E-state index in [0.717, 1.165) is 18.8 Å². The number of carbonyl (C=O) groups is 1. The van der Waals surface area contributed by atoms with E-state index in [2.05, 4.69) is 26.7 Å². The van der Waals surface area contributed by atoms with Crippen LogP contribution in [0.2, 0.25) is 0 Å². The molecule has 1 amide bonds. The van der Waals surface area contributed by atoms with E-state index in [-0.39, 0.29) is 5.91 Å². The summed E-state index contributed by atoms with van der Waals surface area (Å²) < 4.78 is 0. The Morgan fingerprint density at radius 1 is 1.36 bits per heavy atom. The quantitative estimate of drug-likeness (QED) is 0.904. The Labute approximate surface area is 130 Å². The van der Waals surface area contributed by atoms with Crippen molar-refractivity contribution in [1.82, 2.24) is 20.6 Å². The molecular weight excluding hydrogens is 276 g/mol. The molecule has 0 spiro atoms. The van der Waals surface area contributed by atoms with Gasteiger partial charge in [-0.25, -0.2) is 9.97 Å². The molecule has 3 rings (SSSR count).